The largest absolute Gasteiger partial charge is 0.396 e. The van der Waals surface area contributed by atoms with Crippen molar-refractivity contribution < 1.29 is 14.9 Å². The molecule has 0 saturated carbocycles. The molecule has 4 nitrogen and oxygen atoms in total. The van der Waals surface area contributed by atoms with Crippen LogP contribution in [0.5, 0.6) is 0 Å². The van der Waals surface area contributed by atoms with Gasteiger partial charge in [0.1, 0.15) is 0 Å². The fourth-order valence-corrected chi connectivity index (χ4v) is 3.10. The summed E-state index contributed by atoms with van der Waals surface area (Å²) >= 11 is 0. The number of aliphatic hydroxyl groups excluding tert-OH is 1. The van der Waals surface area contributed by atoms with E-state index in [-0.39, 0.29) is 12.5 Å². The van der Waals surface area contributed by atoms with Gasteiger partial charge in [0.2, 0.25) is 0 Å². The molecule has 2 aliphatic heterocycles. The molecule has 2 heterocycles. The summed E-state index contributed by atoms with van der Waals surface area (Å²) in [5.41, 5.74) is -0.569. The molecule has 0 aromatic rings. The minimum absolute atomic E-state index is 0.230. The third-order valence-electron chi connectivity index (χ3n) is 4.10. The number of piperidine rings is 1. The van der Waals surface area contributed by atoms with Gasteiger partial charge < -0.3 is 19.8 Å². The number of hydrogen-bond donors (Lipinski definition) is 2. The Bertz CT molecular complexity index is 228. The van der Waals surface area contributed by atoms with Crippen molar-refractivity contribution in [2.45, 2.75) is 24.9 Å². The molecule has 0 bridgehead atoms. The predicted molar refractivity (Wildman–Crippen MR) is 61.2 cm³/mol. The molecular weight excluding hydrogens is 206 g/mol. The summed E-state index contributed by atoms with van der Waals surface area (Å²) < 4.78 is 5.31. The number of ether oxygens (including phenoxy) is 1. The third kappa shape index (κ3) is 2.56. The SMILES string of the molecule is CN1CC(CO)CC(C2(O)CCOCC2)C1. The Morgan fingerprint density at radius 2 is 2.00 bits per heavy atom. The van der Waals surface area contributed by atoms with Gasteiger partial charge in [-0.2, -0.15) is 0 Å². The molecule has 0 amide bonds. The highest BCUT2D eigenvalue weighted by Crippen LogP contribution is 2.36. The lowest BCUT2D eigenvalue weighted by Crippen LogP contribution is -2.52. The topological polar surface area (TPSA) is 52.9 Å². The molecule has 0 aromatic carbocycles. The zero-order chi connectivity index (χ0) is 11.6. The fourth-order valence-electron chi connectivity index (χ4n) is 3.10. The molecule has 2 aliphatic rings. The second-order valence-corrected chi connectivity index (χ2v) is 5.42. The van der Waals surface area contributed by atoms with Crippen molar-refractivity contribution >= 4 is 0 Å². The average molecular weight is 229 g/mol. The Labute approximate surface area is 97.2 Å². The van der Waals surface area contributed by atoms with E-state index in [0.717, 1.165) is 32.4 Å². The molecule has 4 heteroatoms. The predicted octanol–water partition coefficient (Wildman–Crippen LogP) is 0.0881. The van der Waals surface area contributed by atoms with E-state index in [2.05, 4.69) is 11.9 Å². The monoisotopic (exact) mass is 229 g/mol. The highest BCUT2D eigenvalue weighted by molar-refractivity contribution is 4.93. The highest BCUT2D eigenvalue weighted by Gasteiger charge is 2.41. The van der Waals surface area contributed by atoms with Gasteiger partial charge in [0.05, 0.1) is 5.60 Å². The Morgan fingerprint density at radius 3 is 2.62 bits per heavy atom. The van der Waals surface area contributed by atoms with E-state index in [0.29, 0.717) is 19.1 Å². The van der Waals surface area contributed by atoms with E-state index >= 15 is 0 Å². The molecule has 0 aliphatic carbocycles. The van der Waals surface area contributed by atoms with Gasteiger partial charge in [0.15, 0.2) is 0 Å². The maximum absolute atomic E-state index is 10.6. The van der Waals surface area contributed by atoms with Gasteiger partial charge in [-0.1, -0.05) is 0 Å². The molecule has 0 spiro atoms. The van der Waals surface area contributed by atoms with Crippen molar-refractivity contribution in [2.24, 2.45) is 11.8 Å². The lowest BCUT2D eigenvalue weighted by Gasteiger charge is -2.45. The number of rotatable bonds is 2. The van der Waals surface area contributed by atoms with Gasteiger partial charge in [-0.05, 0) is 32.2 Å². The minimum Gasteiger partial charge on any atom is -0.396 e. The first-order valence-electron chi connectivity index (χ1n) is 6.23. The van der Waals surface area contributed by atoms with E-state index in [9.17, 15) is 10.2 Å². The Balaban J connectivity index is 2.01. The van der Waals surface area contributed by atoms with Gasteiger partial charge >= 0.3 is 0 Å². The van der Waals surface area contributed by atoms with E-state index in [1.165, 1.54) is 0 Å². The lowest BCUT2D eigenvalue weighted by atomic mass is 9.74. The van der Waals surface area contributed by atoms with Crippen LogP contribution in [0.25, 0.3) is 0 Å². The van der Waals surface area contributed by atoms with E-state index in [1.54, 1.807) is 0 Å². The Kier molecular flexibility index (Phi) is 3.85. The standard InChI is InChI=1S/C12H23NO3/c1-13-7-10(9-14)6-11(8-13)12(15)2-4-16-5-3-12/h10-11,14-15H,2-9H2,1H3. The number of hydrogen-bond acceptors (Lipinski definition) is 4. The number of likely N-dealkylation sites (tertiary alicyclic amines) is 1. The number of nitrogens with zero attached hydrogens (tertiary/aromatic N) is 1. The molecule has 2 N–H and O–H groups in total. The smallest absolute Gasteiger partial charge is 0.0731 e. The van der Waals surface area contributed by atoms with Crippen molar-refractivity contribution in [1.29, 1.82) is 0 Å². The first-order chi connectivity index (χ1) is 7.64. The molecule has 2 fully saturated rings. The zero-order valence-corrected chi connectivity index (χ0v) is 10.1. The van der Waals surface area contributed by atoms with Crippen molar-refractivity contribution in [3.63, 3.8) is 0 Å². The maximum atomic E-state index is 10.6. The van der Waals surface area contributed by atoms with Crippen LogP contribution in [0.1, 0.15) is 19.3 Å². The summed E-state index contributed by atoms with van der Waals surface area (Å²) in [5, 5.41) is 19.9. The summed E-state index contributed by atoms with van der Waals surface area (Å²) in [5.74, 6) is 0.600. The molecule has 16 heavy (non-hydrogen) atoms. The van der Waals surface area contributed by atoms with Crippen LogP contribution < -0.4 is 0 Å². The first-order valence-corrected chi connectivity index (χ1v) is 6.23. The van der Waals surface area contributed by atoms with Crippen LogP contribution in [0, 0.1) is 11.8 Å². The first kappa shape index (κ1) is 12.3. The summed E-state index contributed by atoms with van der Waals surface area (Å²) in [7, 11) is 2.07. The minimum atomic E-state index is -0.569. The molecule has 2 atom stereocenters. The Hall–Kier alpha value is -0.160. The fraction of sp³-hybridized carbons (Fsp3) is 1.00. The normalized spacial score (nSPS) is 36.2. The van der Waals surface area contributed by atoms with Crippen molar-refractivity contribution in [3.05, 3.63) is 0 Å². The van der Waals surface area contributed by atoms with Gasteiger partial charge in [-0.25, -0.2) is 0 Å². The van der Waals surface area contributed by atoms with Crippen LogP contribution in [-0.4, -0.2) is 60.7 Å². The molecule has 2 unspecified atom stereocenters. The summed E-state index contributed by atoms with van der Waals surface area (Å²) in [4.78, 5) is 2.22. The van der Waals surface area contributed by atoms with Gasteiger partial charge in [0, 0.05) is 38.8 Å². The van der Waals surface area contributed by atoms with Crippen molar-refractivity contribution in [1.82, 2.24) is 4.90 Å². The summed E-state index contributed by atoms with van der Waals surface area (Å²) in [6.07, 6.45) is 2.42. The van der Waals surface area contributed by atoms with Gasteiger partial charge in [-0.15, -0.1) is 0 Å². The van der Waals surface area contributed by atoms with Crippen LogP contribution >= 0.6 is 0 Å². The van der Waals surface area contributed by atoms with Crippen LogP contribution in [0.15, 0.2) is 0 Å². The third-order valence-corrected chi connectivity index (χ3v) is 4.10. The quantitative estimate of drug-likeness (QED) is 0.704. The van der Waals surface area contributed by atoms with Crippen LogP contribution in [0.4, 0.5) is 0 Å². The maximum Gasteiger partial charge on any atom is 0.0731 e. The van der Waals surface area contributed by atoms with E-state index in [1.807, 2.05) is 0 Å². The zero-order valence-electron chi connectivity index (χ0n) is 10.1. The summed E-state index contributed by atoms with van der Waals surface area (Å²) in [6.45, 7) is 3.45. The molecule has 2 saturated heterocycles. The van der Waals surface area contributed by atoms with Crippen LogP contribution in [-0.2, 0) is 4.74 Å². The average Bonchev–Trinajstić information content (AvgIpc) is 2.29. The molecule has 0 aromatic heterocycles. The molecule has 2 rings (SSSR count). The van der Waals surface area contributed by atoms with Gasteiger partial charge in [0.25, 0.3) is 0 Å². The lowest BCUT2D eigenvalue weighted by molar-refractivity contribution is -0.120. The van der Waals surface area contributed by atoms with Crippen LogP contribution in [0.2, 0.25) is 0 Å². The second-order valence-electron chi connectivity index (χ2n) is 5.42. The van der Waals surface area contributed by atoms with E-state index in [4.69, 9.17) is 4.74 Å². The summed E-state index contributed by atoms with van der Waals surface area (Å²) in [6, 6.07) is 0. The highest BCUT2D eigenvalue weighted by atomic mass is 16.5. The molecular formula is C12H23NO3. The Morgan fingerprint density at radius 1 is 1.31 bits per heavy atom. The molecule has 0 radical (unpaired) electrons. The van der Waals surface area contributed by atoms with Crippen molar-refractivity contribution in [2.75, 3.05) is 40.0 Å². The van der Waals surface area contributed by atoms with E-state index < -0.39 is 5.60 Å². The molecule has 94 valence electrons. The second kappa shape index (κ2) is 5.00. The van der Waals surface area contributed by atoms with Gasteiger partial charge in [-0.3, -0.25) is 0 Å². The van der Waals surface area contributed by atoms with Crippen molar-refractivity contribution in [3.8, 4) is 0 Å². The van der Waals surface area contributed by atoms with Crippen LogP contribution in [0.3, 0.4) is 0 Å². The number of aliphatic hydroxyl groups is 2.